The molecule has 0 aliphatic rings. The number of hydrogen-bond donors (Lipinski definition) is 1. The van der Waals surface area contributed by atoms with Crippen molar-refractivity contribution < 1.29 is 58.2 Å². The number of alkyl halides is 7. The molecule has 242 valence electrons. The average Bonchev–Trinajstić information content (AvgIpc) is 2.97. The lowest BCUT2D eigenvalue weighted by Crippen LogP contribution is -2.49. The molecular weight excluding hydrogens is 636 g/mol. The van der Waals surface area contributed by atoms with E-state index in [1.165, 1.54) is 12.1 Å². The molecule has 1 atom stereocenters. The van der Waals surface area contributed by atoms with Crippen molar-refractivity contribution >= 4 is 5.91 Å². The molecule has 0 aliphatic carbocycles. The topological polar surface area (TPSA) is 47.6 Å². The Balaban J connectivity index is 2.02. The van der Waals surface area contributed by atoms with E-state index in [9.17, 15) is 44.3 Å². The molecule has 46 heavy (non-hydrogen) atoms. The zero-order valence-corrected chi connectivity index (χ0v) is 23.2. The van der Waals surface area contributed by atoms with Crippen LogP contribution < -0.4 is 14.8 Å². The zero-order valence-electron chi connectivity index (χ0n) is 23.2. The minimum Gasteiger partial charge on any atom is -0.463 e. The van der Waals surface area contributed by atoms with Crippen LogP contribution in [0, 0.1) is 17.5 Å². The van der Waals surface area contributed by atoms with Crippen molar-refractivity contribution in [1.82, 2.24) is 5.32 Å². The first-order valence-electron chi connectivity index (χ1n) is 13.0. The van der Waals surface area contributed by atoms with Gasteiger partial charge in [-0.3, -0.25) is 4.79 Å². The van der Waals surface area contributed by atoms with Crippen LogP contribution in [0.1, 0.15) is 32.6 Å². The summed E-state index contributed by atoms with van der Waals surface area (Å²) >= 11 is 0. The van der Waals surface area contributed by atoms with Gasteiger partial charge in [-0.15, -0.1) is 0 Å². The Morgan fingerprint density at radius 1 is 0.826 bits per heavy atom. The van der Waals surface area contributed by atoms with E-state index >= 15 is 4.39 Å². The van der Waals surface area contributed by atoms with Crippen LogP contribution in [0.15, 0.2) is 97.8 Å². The first-order valence-corrected chi connectivity index (χ1v) is 13.0. The van der Waals surface area contributed by atoms with Gasteiger partial charge in [-0.2, -0.15) is 30.7 Å². The first-order chi connectivity index (χ1) is 21.6. The third kappa shape index (κ3) is 7.44. The van der Waals surface area contributed by atoms with Crippen LogP contribution in [0.5, 0.6) is 11.5 Å². The van der Waals surface area contributed by atoms with Gasteiger partial charge in [-0.25, -0.2) is 13.2 Å². The van der Waals surface area contributed by atoms with Crippen molar-refractivity contribution in [3.05, 3.63) is 143 Å². The summed E-state index contributed by atoms with van der Waals surface area (Å²) in [5, 5.41) is 2.46. The highest BCUT2D eigenvalue weighted by Gasteiger charge is 2.45. The first kappa shape index (κ1) is 33.9. The number of hydrogen-bond acceptors (Lipinski definition) is 3. The summed E-state index contributed by atoms with van der Waals surface area (Å²) in [6, 6.07) is 13.8. The van der Waals surface area contributed by atoms with E-state index in [0.29, 0.717) is 23.8 Å². The van der Waals surface area contributed by atoms with E-state index in [2.05, 4.69) is 16.6 Å². The SMILES string of the molecule is C=COc1cc(C(Cc2ccccc2)(NC(=O)c2ccc(F)c(C(F)(F)F)c2)c2cc(F)cc(OC(F)(F)C(F)F)c2)ccc1F. The normalized spacial score (nSPS) is 13.2. The molecule has 14 heteroatoms. The Bertz CT molecular complexity index is 1730. The highest BCUT2D eigenvalue weighted by molar-refractivity contribution is 5.95. The number of rotatable bonds is 11. The van der Waals surface area contributed by atoms with Gasteiger partial charge in [0, 0.05) is 18.1 Å². The van der Waals surface area contributed by atoms with Crippen molar-refractivity contribution in [2.75, 3.05) is 0 Å². The Labute approximate surface area is 254 Å². The van der Waals surface area contributed by atoms with Crippen molar-refractivity contribution in [2.45, 2.75) is 30.7 Å². The maximum absolute atomic E-state index is 15.1. The van der Waals surface area contributed by atoms with Gasteiger partial charge in [0.1, 0.15) is 17.4 Å². The number of amides is 1. The molecule has 4 rings (SSSR count). The number of carbonyl (C=O) groups excluding carboxylic acids is 1. The molecule has 0 saturated carbocycles. The highest BCUT2D eigenvalue weighted by atomic mass is 19.4. The largest absolute Gasteiger partial charge is 0.463 e. The molecule has 1 unspecified atom stereocenters. The van der Waals surface area contributed by atoms with E-state index in [1.54, 1.807) is 18.2 Å². The van der Waals surface area contributed by atoms with Crippen LogP contribution in [0.2, 0.25) is 0 Å². The average molecular weight is 658 g/mol. The Hall–Kier alpha value is -5.01. The number of carbonyl (C=O) groups is 1. The predicted molar refractivity (Wildman–Crippen MR) is 145 cm³/mol. The highest BCUT2D eigenvalue weighted by Crippen LogP contribution is 2.40. The second kappa shape index (κ2) is 13.2. The molecule has 0 radical (unpaired) electrons. The molecule has 0 aromatic heterocycles. The lowest BCUT2D eigenvalue weighted by molar-refractivity contribution is -0.253. The van der Waals surface area contributed by atoms with E-state index in [-0.39, 0.29) is 11.6 Å². The van der Waals surface area contributed by atoms with Crippen molar-refractivity contribution in [3.8, 4) is 11.5 Å². The number of ether oxygens (including phenoxy) is 2. The molecule has 1 amide bonds. The molecule has 0 spiro atoms. The fourth-order valence-electron chi connectivity index (χ4n) is 4.63. The van der Waals surface area contributed by atoms with Crippen LogP contribution >= 0.6 is 0 Å². The zero-order chi connectivity index (χ0) is 33.9. The molecule has 4 nitrogen and oxygen atoms in total. The molecule has 0 heterocycles. The summed E-state index contributed by atoms with van der Waals surface area (Å²) in [4.78, 5) is 13.7. The van der Waals surface area contributed by atoms with Crippen molar-refractivity contribution in [3.63, 3.8) is 0 Å². The summed E-state index contributed by atoms with van der Waals surface area (Å²) in [5.41, 5.74) is -4.94. The van der Waals surface area contributed by atoms with Crippen molar-refractivity contribution in [1.29, 1.82) is 0 Å². The minimum atomic E-state index is -5.21. The summed E-state index contributed by atoms with van der Waals surface area (Å²) in [6.07, 6.45) is -14.2. The lowest BCUT2D eigenvalue weighted by Gasteiger charge is -2.37. The Morgan fingerprint density at radius 3 is 2.13 bits per heavy atom. The summed E-state index contributed by atoms with van der Waals surface area (Å²) in [7, 11) is 0. The lowest BCUT2D eigenvalue weighted by atomic mass is 9.77. The quantitative estimate of drug-likeness (QED) is 0.130. The van der Waals surface area contributed by atoms with E-state index < -0.39 is 82.2 Å². The van der Waals surface area contributed by atoms with E-state index in [0.717, 1.165) is 36.6 Å². The minimum absolute atomic E-state index is 0.140. The molecule has 4 aromatic carbocycles. The molecule has 0 aliphatic heterocycles. The Morgan fingerprint density at radius 2 is 1.50 bits per heavy atom. The number of benzene rings is 4. The van der Waals surface area contributed by atoms with Crippen LogP contribution in [-0.2, 0) is 18.1 Å². The number of nitrogens with one attached hydrogen (secondary N) is 1. The summed E-state index contributed by atoms with van der Waals surface area (Å²) in [6.45, 7) is 3.33. The van der Waals surface area contributed by atoms with Gasteiger partial charge in [-0.1, -0.05) is 43.0 Å². The van der Waals surface area contributed by atoms with Gasteiger partial charge in [-0.05, 0) is 59.2 Å². The molecular formula is C32H21F10NO3. The van der Waals surface area contributed by atoms with Gasteiger partial charge in [0.15, 0.2) is 11.6 Å². The van der Waals surface area contributed by atoms with Crippen LogP contribution in [0.25, 0.3) is 0 Å². The van der Waals surface area contributed by atoms with Crippen LogP contribution in [0.4, 0.5) is 43.9 Å². The molecule has 0 bridgehead atoms. The maximum atomic E-state index is 15.1. The molecule has 1 N–H and O–H groups in total. The standard InChI is InChI=1S/C32H21F10NO3/c1-2-45-27-15-20(9-11-26(27)35)30(17-18-6-4-3-5-7-18,21-13-22(33)16-23(14-21)46-32(41,42)29(36)37)43-28(44)19-8-10-25(34)24(12-19)31(38,39)40/h2-16,29H,1,17H2,(H,43,44). The van der Waals surface area contributed by atoms with E-state index in [4.69, 9.17) is 4.74 Å². The second-order valence-corrected chi connectivity index (χ2v) is 9.78. The maximum Gasteiger partial charge on any atom is 0.461 e. The van der Waals surface area contributed by atoms with Crippen molar-refractivity contribution in [2.24, 2.45) is 0 Å². The molecule has 4 aromatic rings. The fraction of sp³-hybridized carbons (Fsp3) is 0.156. The molecule has 0 saturated heterocycles. The summed E-state index contributed by atoms with van der Waals surface area (Å²) < 4.78 is 147. The third-order valence-electron chi connectivity index (χ3n) is 6.68. The predicted octanol–water partition coefficient (Wildman–Crippen LogP) is 8.80. The fourth-order valence-corrected chi connectivity index (χ4v) is 4.63. The van der Waals surface area contributed by atoms with Gasteiger partial charge < -0.3 is 14.8 Å². The smallest absolute Gasteiger partial charge is 0.461 e. The molecule has 0 fully saturated rings. The van der Waals surface area contributed by atoms with Crippen LogP contribution in [-0.4, -0.2) is 18.4 Å². The van der Waals surface area contributed by atoms with E-state index in [1.807, 2.05) is 0 Å². The monoisotopic (exact) mass is 657 g/mol. The Kier molecular flexibility index (Phi) is 9.68. The summed E-state index contributed by atoms with van der Waals surface area (Å²) in [5.74, 6) is -6.85. The van der Waals surface area contributed by atoms with Gasteiger partial charge >= 0.3 is 18.7 Å². The number of halogens is 10. The van der Waals surface area contributed by atoms with Gasteiger partial charge in [0.05, 0.1) is 17.4 Å². The van der Waals surface area contributed by atoms with Gasteiger partial charge in [0.2, 0.25) is 0 Å². The third-order valence-corrected chi connectivity index (χ3v) is 6.68. The van der Waals surface area contributed by atoms with Gasteiger partial charge in [0.25, 0.3) is 5.91 Å². The second-order valence-electron chi connectivity index (χ2n) is 9.78. The van der Waals surface area contributed by atoms with Crippen LogP contribution in [0.3, 0.4) is 0 Å².